The maximum Gasteiger partial charge on any atom is 0.305 e. The van der Waals surface area contributed by atoms with Gasteiger partial charge in [0.25, 0.3) is 0 Å². The van der Waals surface area contributed by atoms with Crippen LogP contribution in [0, 0.1) is 5.92 Å². The van der Waals surface area contributed by atoms with Crippen LogP contribution in [0.5, 0.6) is 0 Å². The molecule has 1 aliphatic carbocycles. The molecule has 4 atom stereocenters. The number of epoxide rings is 1. The molecule has 0 bridgehead atoms. The van der Waals surface area contributed by atoms with Crippen molar-refractivity contribution in [2.45, 2.75) is 89.3 Å². The number of ether oxygens (including phenoxy) is 2. The molecule has 1 saturated carbocycles. The van der Waals surface area contributed by atoms with Crippen molar-refractivity contribution in [1.29, 1.82) is 0 Å². The lowest BCUT2D eigenvalue weighted by Gasteiger charge is -2.39. The number of carbonyl (C=O) groups excluding carboxylic acids is 2. The maximum absolute atomic E-state index is 12.7. The molecule has 0 spiro atoms. The molecule has 2 aliphatic rings. The maximum atomic E-state index is 12.7. The summed E-state index contributed by atoms with van der Waals surface area (Å²) in [7, 11) is -0.559. The number of ketones is 1. The van der Waals surface area contributed by atoms with Crippen molar-refractivity contribution in [2.24, 2.45) is 5.92 Å². The van der Waals surface area contributed by atoms with Gasteiger partial charge < -0.3 is 13.9 Å². The Labute approximate surface area is 170 Å². The Morgan fingerprint density at radius 3 is 2.61 bits per heavy atom. The highest BCUT2D eigenvalue weighted by molar-refractivity contribution is 6.74. The van der Waals surface area contributed by atoms with Crippen LogP contribution in [-0.2, 0) is 23.5 Å². The highest BCUT2D eigenvalue weighted by Crippen LogP contribution is 2.43. The zero-order valence-corrected chi connectivity index (χ0v) is 19.2. The van der Waals surface area contributed by atoms with Crippen LogP contribution in [0.2, 0.25) is 18.1 Å². The molecule has 2 rings (SSSR count). The van der Waals surface area contributed by atoms with Crippen LogP contribution in [0.15, 0.2) is 24.3 Å². The summed E-state index contributed by atoms with van der Waals surface area (Å²) < 4.78 is 17.0. The van der Waals surface area contributed by atoms with Crippen LogP contribution >= 0.6 is 0 Å². The molecule has 0 aromatic heterocycles. The van der Waals surface area contributed by atoms with Gasteiger partial charge in [0.15, 0.2) is 14.1 Å². The summed E-state index contributed by atoms with van der Waals surface area (Å²) in [4.78, 5) is 23.9. The summed E-state index contributed by atoms with van der Waals surface area (Å²) in [5.74, 6) is 0.0246. The van der Waals surface area contributed by atoms with E-state index in [1.54, 1.807) is 0 Å². The molecule has 0 aromatic carbocycles. The minimum Gasteiger partial charge on any atom is -0.469 e. The van der Waals surface area contributed by atoms with E-state index in [-0.39, 0.29) is 41.0 Å². The van der Waals surface area contributed by atoms with E-state index in [1.165, 1.54) is 7.11 Å². The molecule has 158 valence electrons. The first-order valence-corrected chi connectivity index (χ1v) is 13.2. The highest BCUT2D eigenvalue weighted by atomic mass is 28.4. The van der Waals surface area contributed by atoms with Gasteiger partial charge >= 0.3 is 5.97 Å². The van der Waals surface area contributed by atoms with Gasteiger partial charge in [0.1, 0.15) is 6.10 Å². The molecule has 1 aliphatic heterocycles. The first kappa shape index (κ1) is 23.0. The Morgan fingerprint density at radius 1 is 1.36 bits per heavy atom. The molecule has 0 N–H and O–H groups in total. The van der Waals surface area contributed by atoms with Gasteiger partial charge in [0.2, 0.25) is 0 Å². The lowest BCUT2D eigenvalue weighted by molar-refractivity contribution is -0.140. The van der Waals surface area contributed by atoms with Gasteiger partial charge in [-0.1, -0.05) is 26.8 Å². The number of esters is 1. The third-order valence-corrected chi connectivity index (χ3v) is 10.8. The van der Waals surface area contributed by atoms with E-state index in [1.807, 2.05) is 12.2 Å². The summed E-state index contributed by atoms with van der Waals surface area (Å²) in [6.45, 7) is 15.0. The number of rotatable bonds is 9. The van der Waals surface area contributed by atoms with E-state index in [2.05, 4.69) is 45.2 Å². The molecular weight excluding hydrogens is 372 g/mol. The molecule has 0 radical (unpaired) electrons. The zero-order valence-electron chi connectivity index (χ0n) is 18.2. The molecule has 5 nitrogen and oxygen atoms in total. The van der Waals surface area contributed by atoms with Crippen molar-refractivity contribution in [2.75, 3.05) is 7.11 Å². The van der Waals surface area contributed by atoms with Gasteiger partial charge in [-0.3, -0.25) is 9.59 Å². The minimum absolute atomic E-state index is 0.0319. The van der Waals surface area contributed by atoms with E-state index in [0.29, 0.717) is 12.8 Å². The number of hydrogen-bond acceptors (Lipinski definition) is 5. The number of Topliss-reactive ketones (excluding diaryl/α,β-unsaturated/α-hetero) is 1. The second-order valence-electron chi connectivity index (χ2n) is 9.40. The van der Waals surface area contributed by atoms with Crippen molar-refractivity contribution in [3.63, 3.8) is 0 Å². The van der Waals surface area contributed by atoms with Crippen LogP contribution in [0.25, 0.3) is 0 Å². The molecule has 6 heteroatoms. The largest absolute Gasteiger partial charge is 0.469 e. The molecular formula is C22H36O5Si. The molecule has 0 aromatic rings. The summed E-state index contributed by atoms with van der Waals surface area (Å²) in [5, 5.41) is 0.103. The Kier molecular flexibility index (Phi) is 7.45. The van der Waals surface area contributed by atoms with Crippen LogP contribution in [-0.4, -0.2) is 45.5 Å². The topological polar surface area (TPSA) is 65.1 Å². The Balaban J connectivity index is 2.02. The van der Waals surface area contributed by atoms with Crippen molar-refractivity contribution in [3.05, 3.63) is 24.3 Å². The SMILES string of the molecule is C=CC[C@@H]1/C(=C\[C@@H]2O[C@H]2CCCC(=O)OC)C(=O)C[C@H]1O[Si](C)(C)C(C)(C)C. The molecule has 1 heterocycles. The fourth-order valence-corrected chi connectivity index (χ4v) is 4.82. The van der Waals surface area contributed by atoms with Crippen LogP contribution in [0.3, 0.4) is 0 Å². The molecule has 0 amide bonds. The van der Waals surface area contributed by atoms with Crippen molar-refractivity contribution in [3.8, 4) is 0 Å². The Morgan fingerprint density at radius 2 is 2.04 bits per heavy atom. The zero-order chi connectivity index (χ0) is 21.1. The highest BCUT2D eigenvalue weighted by Gasteiger charge is 2.46. The fourth-order valence-electron chi connectivity index (χ4n) is 3.47. The average Bonchev–Trinajstić information content (AvgIpc) is 3.27. The lowest BCUT2D eigenvalue weighted by atomic mass is 9.95. The van der Waals surface area contributed by atoms with E-state index in [9.17, 15) is 9.59 Å². The van der Waals surface area contributed by atoms with E-state index in [0.717, 1.165) is 24.8 Å². The van der Waals surface area contributed by atoms with Crippen LogP contribution in [0.4, 0.5) is 0 Å². The Hall–Kier alpha value is -1.24. The molecule has 1 saturated heterocycles. The normalized spacial score (nSPS) is 29.2. The number of methoxy groups -OCH3 is 1. The van der Waals surface area contributed by atoms with Crippen molar-refractivity contribution < 1.29 is 23.5 Å². The average molecular weight is 409 g/mol. The monoisotopic (exact) mass is 408 g/mol. The molecule has 0 unspecified atom stereocenters. The fraction of sp³-hybridized carbons (Fsp3) is 0.727. The van der Waals surface area contributed by atoms with Crippen molar-refractivity contribution >= 4 is 20.1 Å². The Bertz CT molecular complexity index is 631. The smallest absolute Gasteiger partial charge is 0.305 e. The minimum atomic E-state index is -1.96. The third-order valence-electron chi connectivity index (χ3n) is 6.29. The lowest BCUT2D eigenvalue weighted by Crippen LogP contribution is -2.44. The van der Waals surface area contributed by atoms with Crippen LogP contribution < -0.4 is 0 Å². The van der Waals surface area contributed by atoms with Gasteiger partial charge in [-0.15, -0.1) is 6.58 Å². The first-order chi connectivity index (χ1) is 13.0. The predicted molar refractivity (Wildman–Crippen MR) is 113 cm³/mol. The number of allylic oxidation sites excluding steroid dienone is 1. The van der Waals surface area contributed by atoms with Gasteiger partial charge in [-0.25, -0.2) is 0 Å². The van der Waals surface area contributed by atoms with Gasteiger partial charge in [0, 0.05) is 18.8 Å². The summed E-state index contributed by atoms with van der Waals surface area (Å²) >= 11 is 0. The van der Waals surface area contributed by atoms with E-state index >= 15 is 0 Å². The quantitative estimate of drug-likeness (QED) is 0.184. The van der Waals surface area contributed by atoms with Gasteiger partial charge in [-0.05, 0) is 49.0 Å². The second-order valence-corrected chi connectivity index (χ2v) is 14.2. The van der Waals surface area contributed by atoms with Gasteiger partial charge in [0.05, 0.1) is 19.3 Å². The third kappa shape index (κ3) is 5.64. The standard InChI is InChI=1S/C22H36O5Si/c1-8-10-15-16(13-20-18(26-20)11-9-12-21(24)25-5)17(23)14-19(15)27-28(6,7)22(2,3)4/h8,13,15,18-20H,1,9-12,14H2,2-7H3/b16-13+/t15-,18+,19-,20+/m1/s1. The molecule has 28 heavy (non-hydrogen) atoms. The van der Waals surface area contributed by atoms with Crippen LogP contribution in [0.1, 0.15) is 52.9 Å². The van der Waals surface area contributed by atoms with E-state index in [4.69, 9.17) is 9.16 Å². The van der Waals surface area contributed by atoms with E-state index < -0.39 is 8.32 Å². The second kappa shape index (κ2) is 9.05. The predicted octanol–water partition coefficient (Wildman–Crippen LogP) is 4.58. The summed E-state index contributed by atoms with van der Waals surface area (Å²) in [6, 6.07) is 0. The summed E-state index contributed by atoms with van der Waals surface area (Å²) in [5.41, 5.74) is 0.837. The molecule has 2 fully saturated rings. The number of carbonyl (C=O) groups is 2. The summed E-state index contributed by atoms with van der Waals surface area (Å²) in [6.07, 6.45) is 6.97. The first-order valence-electron chi connectivity index (χ1n) is 10.3. The number of hydrogen-bond donors (Lipinski definition) is 0. The van der Waals surface area contributed by atoms with Gasteiger partial charge in [-0.2, -0.15) is 0 Å². The van der Waals surface area contributed by atoms with Crippen molar-refractivity contribution in [1.82, 2.24) is 0 Å².